The molecule has 146 valence electrons. The number of aliphatic imine (C=N–C) groups is 1. The van der Waals surface area contributed by atoms with Gasteiger partial charge in [0.1, 0.15) is 0 Å². The summed E-state index contributed by atoms with van der Waals surface area (Å²) in [6.45, 7) is 1.92. The van der Waals surface area contributed by atoms with Gasteiger partial charge in [-0.3, -0.25) is 14.5 Å². The third kappa shape index (κ3) is 3.13. The summed E-state index contributed by atoms with van der Waals surface area (Å²) in [5.74, 6) is 0.341. The maximum Gasteiger partial charge on any atom is 0.266 e. The zero-order valence-electron chi connectivity index (χ0n) is 16.0. The van der Waals surface area contributed by atoms with Gasteiger partial charge in [0.05, 0.1) is 0 Å². The molecule has 1 aromatic rings. The van der Waals surface area contributed by atoms with Crippen LogP contribution in [0.1, 0.15) is 37.7 Å². The lowest BCUT2D eigenvalue weighted by Gasteiger charge is -2.29. The minimum Gasteiger partial charge on any atom is -0.369 e. The van der Waals surface area contributed by atoms with E-state index in [1.807, 2.05) is 41.3 Å². The number of guanidine groups is 1. The predicted octanol–water partition coefficient (Wildman–Crippen LogP) is 2.33. The highest BCUT2D eigenvalue weighted by atomic mass is 16.2. The largest absolute Gasteiger partial charge is 0.369 e. The standard InChI is InChI=1S/C22H26N4O2/c23-21-24-22(17-9-3-1-4-10-17,18-11-5-2-6-12-18)20(28)26(21)16-8-15-25-14-7-13-19(25)27/h1,3-5,9-12H,2,6-8,13-16H2,(H2,23,24). The molecule has 0 bridgehead atoms. The van der Waals surface area contributed by atoms with Crippen LogP contribution in [-0.2, 0) is 15.1 Å². The minimum absolute atomic E-state index is 0.109. The van der Waals surface area contributed by atoms with Crippen LogP contribution in [0.25, 0.3) is 0 Å². The maximum atomic E-state index is 13.6. The third-order valence-corrected chi connectivity index (χ3v) is 5.70. The van der Waals surface area contributed by atoms with E-state index >= 15 is 0 Å². The Balaban J connectivity index is 1.58. The second-order valence-corrected chi connectivity index (χ2v) is 7.48. The van der Waals surface area contributed by atoms with Crippen LogP contribution >= 0.6 is 0 Å². The maximum absolute atomic E-state index is 13.6. The molecule has 0 radical (unpaired) electrons. The van der Waals surface area contributed by atoms with Gasteiger partial charge in [0.15, 0.2) is 11.5 Å². The molecule has 1 saturated heterocycles. The summed E-state index contributed by atoms with van der Waals surface area (Å²) in [5, 5.41) is 0. The summed E-state index contributed by atoms with van der Waals surface area (Å²) >= 11 is 0. The molecular weight excluding hydrogens is 352 g/mol. The summed E-state index contributed by atoms with van der Waals surface area (Å²) in [7, 11) is 0. The van der Waals surface area contributed by atoms with E-state index in [1.165, 1.54) is 0 Å². The first-order valence-electron chi connectivity index (χ1n) is 10.0. The predicted molar refractivity (Wildman–Crippen MR) is 108 cm³/mol. The van der Waals surface area contributed by atoms with Crippen molar-refractivity contribution in [2.45, 2.75) is 37.6 Å². The highest BCUT2D eigenvalue weighted by Gasteiger charge is 2.51. The number of hydrogen-bond acceptors (Lipinski definition) is 4. The Morgan fingerprint density at radius 1 is 1.11 bits per heavy atom. The van der Waals surface area contributed by atoms with Crippen molar-refractivity contribution >= 4 is 17.8 Å². The van der Waals surface area contributed by atoms with Crippen LogP contribution < -0.4 is 5.73 Å². The molecule has 1 unspecified atom stereocenters. The second kappa shape index (κ2) is 7.62. The number of nitrogens with zero attached hydrogens (tertiary/aromatic N) is 3. The van der Waals surface area contributed by atoms with Gasteiger partial charge in [-0.1, -0.05) is 48.6 Å². The van der Waals surface area contributed by atoms with Gasteiger partial charge in [-0.15, -0.1) is 0 Å². The summed E-state index contributed by atoms with van der Waals surface area (Å²) in [5.41, 5.74) is 6.84. The highest BCUT2D eigenvalue weighted by Crippen LogP contribution is 2.41. The van der Waals surface area contributed by atoms with Gasteiger partial charge in [-0.2, -0.15) is 0 Å². The molecule has 0 spiro atoms. The van der Waals surface area contributed by atoms with Crippen molar-refractivity contribution < 1.29 is 9.59 Å². The third-order valence-electron chi connectivity index (χ3n) is 5.70. The molecule has 6 heteroatoms. The van der Waals surface area contributed by atoms with E-state index in [1.54, 1.807) is 4.90 Å². The monoisotopic (exact) mass is 378 g/mol. The average molecular weight is 378 g/mol. The molecule has 28 heavy (non-hydrogen) atoms. The van der Waals surface area contributed by atoms with Crippen LogP contribution in [0.3, 0.4) is 0 Å². The molecule has 1 atom stereocenters. The van der Waals surface area contributed by atoms with E-state index in [-0.39, 0.29) is 17.8 Å². The van der Waals surface area contributed by atoms with E-state index in [0.717, 1.165) is 36.9 Å². The zero-order chi connectivity index (χ0) is 19.6. The lowest BCUT2D eigenvalue weighted by atomic mass is 9.80. The Morgan fingerprint density at radius 3 is 2.61 bits per heavy atom. The number of benzene rings is 1. The smallest absolute Gasteiger partial charge is 0.266 e. The first-order chi connectivity index (χ1) is 13.6. The van der Waals surface area contributed by atoms with E-state index in [0.29, 0.717) is 25.9 Å². The van der Waals surface area contributed by atoms with Gasteiger partial charge in [-0.25, -0.2) is 4.99 Å². The summed E-state index contributed by atoms with van der Waals surface area (Å²) in [6.07, 6.45) is 10.3. The summed E-state index contributed by atoms with van der Waals surface area (Å²) in [6, 6.07) is 9.64. The van der Waals surface area contributed by atoms with Crippen molar-refractivity contribution in [3.05, 3.63) is 59.7 Å². The molecule has 0 saturated carbocycles. The van der Waals surface area contributed by atoms with Gasteiger partial charge < -0.3 is 10.6 Å². The molecule has 3 aliphatic rings. The van der Waals surface area contributed by atoms with E-state index in [2.05, 4.69) is 12.2 Å². The number of carbonyl (C=O) groups excluding carboxylic acids is 2. The summed E-state index contributed by atoms with van der Waals surface area (Å²) in [4.78, 5) is 33.6. The number of carbonyl (C=O) groups is 2. The molecule has 2 amide bonds. The zero-order valence-corrected chi connectivity index (χ0v) is 16.0. The molecule has 1 aromatic carbocycles. The highest BCUT2D eigenvalue weighted by molar-refractivity contribution is 6.09. The fourth-order valence-electron chi connectivity index (χ4n) is 4.26. The Kier molecular flexibility index (Phi) is 5.03. The SMILES string of the molecule is NC1=NC(C2=CCCC=C2)(c2ccccc2)C(=O)N1CCCN1CCCC1=O. The van der Waals surface area contributed by atoms with Crippen molar-refractivity contribution in [1.82, 2.24) is 9.80 Å². The molecule has 2 aliphatic heterocycles. The molecule has 2 N–H and O–H groups in total. The number of allylic oxidation sites excluding steroid dienone is 2. The lowest BCUT2D eigenvalue weighted by molar-refractivity contribution is -0.130. The Hall–Kier alpha value is -2.89. The lowest BCUT2D eigenvalue weighted by Crippen LogP contribution is -2.45. The molecule has 4 rings (SSSR count). The van der Waals surface area contributed by atoms with Crippen LogP contribution in [0, 0.1) is 0 Å². The first kappa shape index (κ1) is 18.5. The van der Waals surface area contributed by atoms with Gasteiger partial charge in [0.2, 0.25) is 5.91 Å². The first-order valence-corrected chi connectivity index (χ1v) is 10.0. The van der Waals surface area contributed by atoms with Crippen molar-refractivity contribution in [2.75, 3.05) is 19.6 Å². The van der Waals surface area contributed by atoms with Crippen molar-refractivity contribution in [3.63, 3.8) is 0 Å². The number of likely N-dealkylation sites (tertiary alicyclic amines) is 1. The van der Waals surface area contributed by atoms with Crippen LogP contribution in [0.2, 0.25) is 0 Å². The van der Waals surface area contributed by atoms with Crippen LogP contribution in [0.5, 0.6) is 0 Å². The fourth-order valence-corrected chi connectivity index (χ4v) is 4.26. The number of hydrogen-bond donors (Lipinski definition) is 1. The van der Waals surface area contributed by atoms with Gasteiger partial charge in [0, 0.05) is 26.1 Å². The Labute approximate surface area is 165 Å². The van der Waals surface area contributed by atoms with Gasteiger partial charge in [-0.05, 0) is 36.8 Å². The number of rotatable bonds is 6. The molecular formula is C22H26N4O2. The van der Waals surface area contributed by atoms with Crippen molar-refractivity contribution in [3.8, 4) is 0 Å². The fraction of sp³-hybridized carbons (Fsp3) is 0.409. The van der Waals surface area contributed by atoms with Gasteiger partial charge >= 0.3 is 0 Å². The molecule has 2 heterocycles. The Morgan fingerprint density at radius 2 is 1.93 bits per heavy atom. The number of amides is 2. The van der Waals surface area contributed by atoms with Crippen LogP contribution in [0.15, 0.2) is 59.1 Å². The minimum atomic E-state index is -1.11. The van der Waals surface area contributed by atoms with Crippen LogP contribution in [-0.4, -0.2) is 47.2 Å². The summed E-state index contributed by atoms with van der Waals surface area (Å²) < 4.78 is 0. The van der Waals surface area contributed by atoms with E-state index in [4.69, 9.17) is 10.7 Å². The second-order valence-electron chi connectivity index (χ2n) is 7.48. The van der Waals surface area contributed by atoms with Crippen LogP contribution in [0.4, 0.5) is 0 Å². The van der Waals surface area contributed by atoms with E-state index in [9.17, 15) is 9.59 Å². The van der Waals surface area contributed by atoms with E-state index < -0.39 is 5.54 Å². The Bertz CT molecular complexity index is 859. The number of nitrogens with two attached hydrogens (primary N) is 1. The molecule has 1 aliphatic carbocycles. The van der Waals surface area contributed by atoms with Gasteiger partial charge in [0.25, 0.3) is 5.91 Å². The molecule has 0 aromatic heterocycles. The molecule has 6 nitrogen and oxygen atoms in total. The molecule has 1 fully saturated rings. The topological polar surface area (TPSA) is 79.0 Å². The normalized spacial score (nSPS) is 24.7. The quantitative estimate of drug-likeness (QED) is 0.825. The van der Waals surface area contributed by atoms with Crippen molar-refractivity contribution in [2.24, 2.45) is 10.7 Å². The average Bonchev–Trinajstić information content (AvgIpc) is 3.25. The van der Waals surface area contributed by atoms with Crippen molar-refractivity contribution in [1.29, 1.82) is 0 Å².